The molecule has 1 atom stereocenters. The predicted molar refractivity (Wildman–Crippen MR) is 129 cm³/mol. The van der Waals surface area contributed by atoms with Crippen LogP contribution in [0.1, 0.15) is 75.2 Å². The Balaban J connectivity index is 0.00000363. The van der Waals surface area contributed by atoms with Crippen molar-refractivity contribution in [2.24, 2.45) is 11.1 Å². The summed E-state index contributed by atoms with van der Waals surface area (Å²) in [6.45, 7) is 9.39. The zero-order valence-corrected chi connectivity index (χ0v) is 20.3. The zero-order chi connectivity index (χ0) is 22.6. The van der Waals surface area contributed by atoms with Gasteiger partial charge in [0.05, 0.1) is 0 Å². The second kappa shape index (κ2) is 11.1. The van der Waals surface area contributed by atoms with E-state index in [2.05, 4.69) is 37.1 Å². The van der Waals surface area contributed by atoms with E-state index in [1.54, 1.807) is 4.90 Å². The van der Waals surface area contributed by atoms with Gasteiger partial charge in [-0.1, -0.05) is 39.7 Å². The molecule has 0 aromatic heterocycles. The van der Waals surface area contributed by atoms with Gasteiger partial charge in [0.2, 0.25) is 11.8 Å². The molecule has 1 saturated heterocycles. The lowest BCUT2D eigenvalue weighted by Gasteiger charge is -2.32. The Bertz CT molecular complexity index is 843. The van der Waals surface area contributed by atoms with Crippen LogP contribution in [0.5, 0.6) is 0 Å². The summed E-state index contributed by atoms with van der Waals surface area (Å²) in [5, 5.41) is 2.37. The Morgan fingerprint density at radius 1 is 1.19 bits per heavy atom. The quantitative estimate of drug-likeness (QED) is 0.409. The van der Waals surface area contributed by atoms with E-state index in [-0.39, 0.29) is 42.0 Å². The minimum Gasteiger partial charge on any atom is -0.371 e. The number of fused-ring (bicyclic) bond motifs is 1. The number of nitrogens with zero attached hydrogens (tertiary/aromatic N) is 2. The second-order valence-electron chi connectivity index (χ2n) is 9.52. The fourth-order valence-corrected chi connectivity index (χ4v) is 4.31. The molecular formula is C24H37ClN4O3. The third-order valence-electron chi connectivity index (χ3n) is 6.54. The highest BCUT2D eigenvalue weighted by molar-refractivity contribution is 6.06. The first kappa shape index (κ1) is 26.1. The summed E-state index contributed by atoms with van der Waals surface area (Å²) in [5.74, 6) is -0.763. The average molecular weight is 465 g/mol. The van der Waals surface area contributed by atoms with Gasteiger partial charge in [0, 0.05) is 42.9 Å². The summed E-state index contributed by atoms with van der Waals surface area (Å²) in [5.41, 5.74) is 8.73. The topological polar surface area (TPSA) is 95.7 Å². The molecule has 2 heterocycles. The molecule has 1 unspecified atom stereocenters. The molecule has 2 aliphatic heterocycles. The van der Waals surface area contributed by atoms with Gasteiger partial charge in [-0.3, -0.25) is 19.7 Å². The lowest BCUT2D eigenvalue weighted by Crippen LogP contribution is -2.52. The molecule has 0 spiro atoms. The molecule has 0 radical (unpaired) electrons. The molecule has 0 bridgehead atoms. The van der Waals surface area contributed by atoms with E-state index in [0.29, 0.717) is 25.1 Å². The number of hydrogen-bond acceptors (Lipinski definition) is 5. The maximum absolute atomic E-state index is 13.1. The summed E-state index contributed by atoms with van der Waals surface area (Å²) < 4.78 is 0. The maximum atomic E-state index is 13.1. The summed E-state index contributed by atoms with van der Waals surface area (Å²) in [7, 11) is 0. The molecule has 178 valence electrons. The van der Waals surface area contributed by atoms with Crippen molar-refractivity contribution in [3.63, 3.8) is 0 Å². The van der Waals surface area contributed by atoms with Crippen molar-refractivity contribution in [1.29, 1.82) is 0 Å². The monoisotopic (exact) mass is 464 g/mol. The van der Waals surface area contributed by atoms with Crippen molar-refractivity contribution in [3.8, 4) is 0 Å². The van der Waals surface area contributed by atoms with Crippen molar-refractivity contribution < 1.29 is 14.4 Å². The molecule has 7 nitrogen and oxygen atoms in total. The highest BCUT2D eigenvalue weighted by atomic mass is 35.5. The molecule has 8 heteroatoms. The lowest BCUT2D eigenvalue weighted by molar-refractivity contribution is -0.136. The second-order valence-corrected chi connectivity index (χ2v) is 9.52. The Hall–Kier alpha value is -2.12. The van der Waals surface area contributed by atoms with Crippen LogP contribution in [0.25, 0.3) is 0 Å². The molecule has 3 amide bonds. The smallest absolute Gasteiger partial charge is 0.255 e. The van der Waals surface area contributed by atoms with Crippen LogP contribution >= 0.6 is 12.4 Å². The zero-order valence-electron chi connectivity index (χ0n) is 19.5. The van der Waals surface area contributed by atoms with Crippen molar-refractivity contribution in [2.45, 2.75) is 71.9 Å². The number of nitrogens with one attached hydrogen (secondary N) is 1. The van der Waals surface area contributed by atoms with Gasteiger partial charge in [-0.2, -0.15) is 0 Å². The standard InChI is InChI=1S/C24H36N4O3.ClH/c1-4-5-6-13-27(14-12-24(2,3)16-25)19-9-7-8-17-18(19)15-28(23(17)31)20-10-11-21(29)26-22(20)30;/h7-9,20H,4-6,10-16,25H2,1-3H3,(H,26,29,30);1H. The molecule has 1 aromatic carbocycles. The van der Waals surface area contributed by atoms with Crippen molar-refractivity contribution >= 4 is 35.8 Å². The Labute approximate surface area is 197 Å². The largest absolute Gasteiger partial charge is 0.371 e. The first-order valence-electron chi connectivity index (χ1n) is 11.5. The minimum atomic E-state index is -0.588. The van der Waals surface area contributed by atoms with E-state index in [9.17, 15) is 14.4 Å². The van der Waals surface area contributed by atoms with Gasteiger partial charge in [0.25, 0.3) is 5.91 Å². The van der Waals surface area contributed by atoms with Crippen LogP contribution in [0.2, 0.25) is 0 Å². The van der Waals surface area contributed by atoms with Crippen LogP contribution in [-0.4, -0.2) is 48.3 Å². The highest BCUT2D eigenvalue weighted by Gasteiger charge is 2.40. The van der Waals surface area contributed by atoms with Gasteiger partial charge in [-0.25, -0.2) is 0 Å². The molecule has 1 aromatic rings. The number of nitrogens with two attached hydrogens (primary N) is 1. The number of imide groups is 1. The third kappa shape index (κ3) is 5.81. The normalized spacial score (nSPS) is 18.3. The first-order valence-corrected chi connectivity index (χ1v) is 11.5. The third-order valence-corrected chi connectivity index (χ3v) is 6.54. The fourth-order valence-electron chi connectivity index (χ4n) is 4.31. The summed E-state index contributed by atoms with van der Waals surface area (Å²) in [4.78, 5) is 41.1. The maximum Gasteiger partial charge on any atom is 0.255 e. The molecule has 0 saturated carbocycles. The van der Waals surface area contributed by atoms with Crippen LogP contribution in [0.4, 0.5) is 5.69 Å². The van der Waals surface area contributed by atoms with Gasteiger partial charge in [-0.05, 0) is 43.4 Å². The lowest BCUT2D eigenvalue weighted by atomic mass is 9.89. The number of piperidine rings is 1. The Morgan fingerprint density at radius 2 is 1.94 bits per heavy atom. The van der Waals surface area contributed by atoms with Crippen molar-refractivity contribution in [1.82, 2.24) is 10.2 Å². The van der Waals surface area contributed by atoms with E-state index in [1.165, 1.54) is 0 Å². The molecule has 32 heavy (non-hydrogen) atoms. The van der Waals surface area contributed by atoms with E-state index in [1.807, 2.05) is 12.1 Å². The van der Waals surface area contributed by atoms with Crippen LogP contribution in [0.15, 0.2) is 18.2 Å². The summed E-state index contributed by atoms with van der Waals surface area (Å²) >= 11 is 0. The number of hydrogen-bond donors (Lipinski definition) is 2. The van der Waals surface area contributed by atoms with Crippen LogP contribution in [0.3, 0.4) is 0 Å². The SMILES string of the molecule is CCCCCN(CCC(C)(C)CN)c1cccc2c1CN(C1CCC(=O)NC1=O)C2=O.Cl. The molecule has 3 rings (SSSR count). The molecule has 0 aliphatic carbocycles. The first-order chi connectivity index (χ1) is 14.8. The minimum absolute atomic E-state index is 0. The van der Waals surface area contributed by atoms with Gasteiger partial charge >= 0.3 is 0 Å². The van der Waals surface area contributed by atoms with E-state index in [4.69, 9.17) is 5.73 Å². The van der Waals surface area contributed by atoms with Gasteiger partial charge in [-0.15, -0.1) is 12.4 Å². The van der Waals surface area contributed by atoms with Crippen LogP contribution in [0, 0.1) is 5.41 Å². The van der Waals surface area contributed by atoms with E-state index < -0.39 is 6.04 Å². The van der Waals surface area contributed by atoms with Crippen molar-refractivity contribution in [2.75, 3.05) is 24.5 Å². The number of anilines is 1. The van der Waals surface area contributed by atoms with Gasteiger partial charge in [0.15, 0.2) is 0 Å². The van der Waals surface area contributed by atoms with Gasteiger partial charge in [0.1, 0.15) is 6.04 Å². The predicted octanol–water partition coefficient (Wildman–Crippen LogP) is 3.24. The van der Waals surface area contributed by atoms with Gasteiger partial charge < -0.3 is 15.5 Å². The van der Waals surface area contributed by atoms with Crippen LogP contribution < -0.4 is 16.0 Å². The van der Waals surface area contributed by atoms with E-state index in [0.717, 1.165) is 50.0 Å². The van der Waals surface area contributed by atoms with Crippen LogP contribution in [-0.2, 0) is 16.1 Å². The average Bonchev–Trinajstić information content (AvgIpc) is 3.07. The fraction of sp³-hybridized carbons (Fsp3) is 0.625. The summed E-state index contributed by atoms with van der Waals surface area (Å²) in [6.07, 6.45) is 5.01. The number of unbranched alkanes of at least 4 members (excludes halogenated alkanes) is 2. The van der Waals surface area contributed by atoms with Crippen molar-refractivity contribution in [3.05, 3.63) is 29.3 Å². The molecule has 2 aliphatic rings. The summed E-state index contributed by atoms with van der Waals surface area (Å²) in [6, 6.07) is 5.28. The highest BCUT2D eigenvalue weighted by Crippen LogP contribution is 2.35. The number of halogens is 1. The molecule has 3 N–H and O–H groups in total. The number of carbonyl (C=O) groups excluding carboxylic acids is 3. The number of carbonyl (C=O) groups is 3. The molecular weight excluding hydrogens is 428 g/mol. The molecule has 1 fully saturated rings. The number of amides is 3. The Morgan fingerprint density at radius 3 is 2.59 bits per heavy atom. The number of benzene rings is 1. The van der Waals surface area contributed by atoms with E-state index >= 15 is 0 Å². The Kier molecular flexibility index (Phi) is 9.10. The number of rotatable bonds is 10.